The van der Waals surface area contributed by atoms with E-state index >= 15 is 0 Å². The Morgan fingerprint density at radius 3 is 2.23 bits per heavy atom. The van der Waals surface area contributed by atoms with E-state index in [1.807, 2.05) is 76.2 Å². The highest BCUT2D eigenvalue weighted by Crippen LogP contribution is 2.11. The maximum atomic E-state index is 12.6. The van der Waals surface area contributed by atoms with Crippen molar-refractivity contribution in [3.63, 3.8) is 0 Å². The Labute approximate surface area is 211 Å². The molecule has 6 nitrogen and oxygen atoms in total. The van der Waals surface area contributed by atoms with Gasteiger partial charge in [0.25, 0.3) is 5.91 Å². The highest BCUT2D eigenvalue weighted by molar-refractivity contribution is 6.02. The highest BCUT2D eigenvalue weighted by atomic mass is 16.5. The van der Waals surface area contributed by atoms with Crippen molar-refractivity contribution in [1.29, 1.82) is 0 Å². The lowest BCUT2D eigenvalue weighted by Gasteiger charge is -2.11. The van der Waals surface area contributed by atoms with Gasteiger partial charge < -0.3 is 10.1 Å². The summed E-state index contributed by atoms with van der Waals surface area (Å²) in [5.41, 5.74) is 3.62. The average Bonchev–Trinajstić information content (AvgIpc) is 2.88. The van der Waals surface area contributed by atoms with E-state index in [-0.39, 0.29) is 12.5 Å². The molecule has 0 saturated carbocycles. The molecule has 0 aliphatic heterocycles. The van der Waals surface area contributed by atoms with Crippen molar-refractivity contribution in [3.8, 4) is 0 Å². The third-order valence-electron chi connectivity index (χ3n) is 4.42. The number of aliphatic imine (C=N–C) groups is 1. The Hall–Kier alpha value is -3.41. The summed E-state index contributed by atoms with van der Waals surface area (Å²) in [6, 6.07) is 15.4. The zero-order chi connectivity index (χ0) is 26.5. The number of carbonyl (C=O) groups excluding carboxylic acids is 2. The van der Waals surface area contributed by atoms with E-state index in [4.69, 9.17) is 4.74 Å². The molecule has 0 aliphatic rings. The maximum absolute atomic E-state index is 12.6. The molecular weight excluding hydrogens is 438 g/mol. The van der Waals surface area contributed by atoms with E-state index in [0.717, 1.165) is 17.5 Å². The summed E-state index contributed by atoms with van der Waals surface area (Å²) in [6.45, 7) is 12.9. The van der Waals surface area contributed by atoms with Crippen LogP contribution < -0.4 is 10.6 Å². The summed E-state index contributed by atoms with van der Waals surface area (Å²) in [6.07, 6.45) is 5.59. The predicted octanol–water partition coefficient (Wildman–Crippen LogP) is 6.63. The fraction of sp³-hybridized carbons (Fsp3) is 0.414. The molecule has 0 spiro atoms. The molecule has 0 fully saturated rings. The summed E-state index contributed by atoms with van der Waals surface area (Å²) >= 11 is 0. The molecule has 35 heavy (non-hydrogen) atoms. The van der Waals surface area contributed by atoms with Crippen molar-refractivity contribution in [1.82, 2.24) is 10.6 Å². The molecule has 0 saturated heterocycles. The van der Waals surface area contributed by atoms with E-state index in [1.54, 1.807) is 19.2 Å². The average molecular weight is 482 g/mol. The lowest BCUT2D eigenvalue weighted by Crippen LogP contribution is -2.30. The van der Waals surface area contributed by atoms with Gasteiger partial charge in [-0.05, 0) is 36.6 Å². The van der Waals surface area contributed by atoms with Gasteiger partial charge in [0.05, 0.1) is 6.61 Å². The molecule has 2 aromatic carbocycles. The molecule has 6 heteroatoms. The van der Waals surface area contributed by atoms with E-state index in [1.165, 1.54) is 12.0 Å². The quantitative estimate of drug-likeness (QED) is 0.328. The normalized spacial score (nSPS) is 10.4. The Morgan fingerprint density at radius 1 is 1.00 bits per heavy atom. The van der Waals surface area contributed by atoms with E-state index in [2.05, 4.69) is 29.5 Å². The number of ether oxygens (including phenoxy) is 1. The molecule has 0 aromatic heterocycles. The van der Waals surface area contributed by atoms with Crippen molar-refractivity contribution in [2.24, 2.45) is 4.99 Å². The van der Waals surface area contributed by atoms with Crippen LogP contribution >= 0.6 is 0 Å². The van der Waals surface area contributed by atoms with Crippen molar-refractivity contribution in [2.45, 2.75) is 67.3 Å². The van der Waals surface area contributed by atoms with Crippen LogP contribution in [0.15, 0.2) is 65.7 Å². The lowest BCUT2D eigenvalue weighted by molar-refractivity contribution is 0.0949. The number of aryl methyl sites for hydroxylation is 1. The molecule has 0 aliphatic carbocycles. The van der Waals surface area contributed by atoms with Gasteiger partial charge in [-0.15, -0.1) is 0 Å². The zero-order valence-electron chi connectivity index (χ0n) is 22.5. The van der Waals surface area contributed by atoms with Gasteiger partial charge in [-0.3, -0.25) is 15.1 Å². The van der Waals surface area contributed by atoms with Crippen molar-refractivity contribution < 1.29 is 14.3 Å². The van der Waals surface area contributed by atoms with Gasteiger partial charge in [-0.25, -0.2) is 4.79 Å². The number of rotatable bonds is 8. The van der Waals surface area contributed by atoms with Crippen LogP contribution in [0.25, 0.3) is 0 Å². The van der Waals surface area contributed by atoms with Crippen LogP contribution in [-0.2, 0) is 17.7 Å². The number of nitrogens with one attached hydrogen (secondary N) is 2. The third-order valence-corrected chi connectivity index (χ3v) is 4.42. The van der Waals surface area contributed by atoms with Gasteiger partial charge in [0.15, 0.2) is 0 Å². The zero-order valence-corrected chi connectivity index (χ0v) is 22.5. The summed E-state index contributed by atoms with van der Waals surface area (Å²) in [7, 11) is 1.60. The van der Waals surface area contributed by atoms with E-state index in [9.17, 15) is 9.59 Å². The fourth-order valence-electron chi connectivity index (χ4n) is 2.74. The molecule has 0 bridgehead atoms. The Kier molecular flexibility index (Phi) is 18.1. The van der Waals surface area contributed by atoms with Crippen LogP contribution in [0.3, 0.4) is 0 Å². The number of hydrogen-bond donors (Lipinski definition) is 2. The van der Waals surface area contributed by atoms with Crippen LogP contribution in [0.5, 0.6) is 0 Å². The van der Waals surface area contributed by atoms with Crippen molar-refractivity contribution in [3.05, 3.63) is 82.9 Å². The molecule has 0 unspecified atom stereocenters. The van der Waals surface area contributed by atoms with Crippen molar-refractivity contribution >= 4 is 17.8 Å². The Bertz CT molecular complexity index is 919. The number of carbonyl (C=O) groups is 2. The molecule has 0 heterocycles. The number of amidine groups is 1. The topological polar surface area (TPSA) is 79.8 Å². The van der Waals surface area contributed by atoms with Gasteiger partial charge in [-0.2, -0.15) is 0 Å². The van der Waals surface area contributed by atoms with Gasteiger partial charge in [-0.1, -0.05) is 95.1 Å². The second kappa shape index (κ2) is 20.0. The van der Waals surface area contributed by atoms with Gasteiger partial charge in [0.1, 0.15) is 5.84 Å². The highest BCUT2D eigenvalue weighted by Gasteiger charge is 2.12. The SMILES string of the molecule is CC.CC/C=C\C(=NC)NC(=O)OCCc1ccccc1C(=O)NCc1ccc(C)cc1.CCC. The minimum Gasteiger partial charge on any atom is -0.449 e. The predicted molar refractivity (Wildman–Crippen MR) is 147 cm³/mol. The number of benzene rings is 2. The number of nitrogens with zero attached hydrogens (tertiary/aromatic N) is 1. The molecule has 0 radical (unpaired) electrons. The molecule has 2 rings (SSSR count). The molecule has 192 valence electrons. The molecule has 2 aromatic rings. The lowest BCUT2D eigenvalue weighted by atomic mass is 10.0. The van der Waals surface area contributed by atoms with Gasteiger partial charge in [0, 0.05) is 25.6 Å². The monoisotopic (exact) mass is 481 g/mol. The molecule has 2 amide bonds. The van der Waals surface area contributed by atoms with Gasteiger partial charge in [0.2, 0.25) is 0 Å². The van der Waals surface area contributed by atoms with Crippen LogP contribution in [0, 0.1) is 6.92 Å². The van der Waals surface area contributed by atoms with Crippen molar-refractivity contribution in [2.75, 3.05) is 13.7 Å². The summed E-state index contributed by atoms with van der Waals surface area (Å²) in [5, 5.41) is 5.54. The van der Waals surface area contributed by atoms with Crippen LogP contribution in [0.4, 0.5) is 4.79 Å². The smallest absolute Gasteiger partial charge is 0.412 e. The second-order valence-corrected chi connectivity index (χ2v) is 7.46. The van der Waals surface area contributed by atoms with E-state index in [0.29, 0.717) is 24.4 Å². The number of amides is 2. The van der Waals surface area contributed by atoms with E-state index < -0.39 is 6.09 Å². The number of hydrogen-bond acceptors (Lipinski definition) is 4. The second-order valence-electron chi connectivity index (χ2n) is 7.46. The fourth-order valence-corrected chi connectivity index (χ4v) is 2.74. The summed E-state index contributed by atoms with van der Waals surface area (Å²) in [4.78, 5) is 28.6. The maximum Gasteiger partial charge on any atom is 0.412 e. The van der Waals surface area contributed by atoms with Crippen LogP contribution in [-0.4, -0.2) is 31.5 Å². The largest absolute Gasteiger partial charge is 0.449 e. The van der Waals surface area contributed by atoms with Gasteiger partial charge >= 0.3 is 6.09 Å². The standard InChI is InChI=1S/C24H29N3O3.C3H8.C2H6/c1-4-5-10-22(25-3)27-24(29)30-16-15-20-8-6-7-9-21(20)23(28)26-17-19-13-11-18(2)12-14-19;1-3-2;1-2/h5-14H,4,15-17H2,1-3H3,(H,26,28)(H,25,27,29);3H2,1-2H3;1-2H3/b10-5-;;. The minimum atomic E-state index is -0.572. The first-order chi connectivity index (χ1) is 16.9. The Morgan fingerprint density at radius 2 is 1.63 bits per heavy atom. The molecular formula is C29H43N3O3. The first-order valence-electron chi connectivity index (χ1n) is 12.4. The molecule has 0 atom stereocenters. The van der Waals surface area contributed by atoms with Crippen LogP contribution in [0.2, 0.25) is 0 Å². The molecule has 2 N–H and O–H groups in total. The summed E-state index contributed by atoms with van der Waals surface area (Å²) < 4.78 is 5.24. The third kappa shape index (κ3) is 13.8. The number of alkyl carbamates (subject to hydrolysis) is 1. The van der Waals surface area contributed by atoms with Crippen LogP contribution in [0.1, 0.15) is 74.5 Å². The first kappa shape index (κ1) is 31.6. The minimum absolute atomic E-state index is 0.152. The number of allylic oxidation sites excluding steroid dienone is 1. The summed E-state index contributed by atoms with van der Waals surface area (Å²) in [5.74, 6) is 0.290. The first-order valence-corrected chi connectivity index (χ1v) is 12.4. The Balaban J connectivity index is 0.00000214.